The zero-order valence-electron chi connectivity index (χ0n) is 13.7. The summed E-state index contributed by atoms with van der Waals surface area (Å²) in [6, 6.07) is 6.92. The normalized spacial score (nSPS) is 23.6. The van der Waals surface area contributed by atoms with Gasteiger partial charge in [0.05, 0.1) is 23.1 Å². The number of benzene rings is 1. The zero-order chi connectivity index (χ0) is 17.3. The summed E-state index contributed by atoms with van der Waals surface area (Å²) in [5.41, 5.74) is 0.926. The van der Waals surface area contributed by atoms with Crippen LogP contribution in [0.5, 0.6) is 0 Å². The number of anilines is 1. The van der Waals surface area contributed by atoms with Crippen molar-refractivity contribution in [1.29, 1.82) is 0 Å². The Hall–Kier alpha value is -2.37. The fraction of sp³-hybridized carbons (Fsp3) is 0.500. The predicted octanol–water partition coefficient (Wildman–Crippen LogP) is 2.22. The molecular formula is C18H22N2O4. The van der Waals surface area contributed by atoms with Crippen molar-refractivity contribution in [3.63, 3.8) is 0 Å². The van der Waals surface area contributed by atoms with Crippen LogP contribution in [-0.2, 0) is 9.59 Å². The van der Waals surface area contributed by atoms with Gasteiger partial charge in [-0.2, -0.15) is 0 Å². The topological polar surface area (TPSA) is 86.7 Å². The molecule has 24 heavy (non-hydrogen) atoms. The lowest BCUT2D eigenvalue weighted by Gasteiger charge is -2.30. The zero-order valence-corrected chi connectivity index (χ0v) is 13.7. The molecule has 1 saturated carbocycles. The first kappa shape index (κ1) is 16.5. The molecule has 0 bridgehead atoms. The molecule has 1 heterocycles. The second-order valence-corrected chi connectivity index (χ2v) is 6.80. The van der Waals surface area contributed by atoms with Crippen molar-refractivity contribution < 1.29 is 19.5 Å². The molecule has 2 aliphatic rings. The summed E-state index contributed by atoms with van der Waals surface area (Å²) in [6.07, 6.45) is 2.34. The van der Waals surface area contributed by atoms with E-state index >= 15 is 0 Å². The number of amides is 2. The van der Waals surface area contributed by atoms with Crippen molar-refractivity contribution in [1.82, 2.24) is 4.90 Å². The second kappa shape index (κ2) is 6.63. The average Bonchev–Trinajstić information content (AvgIpc) is 3.36. The molecule has 2 unspecified atom stereocenters. The highest BCUT2D eigenvalue weighted by Gasteiger charge is 2.48. The number of piperidine rings is 1. The molecule has 3 rings (SSSR count). The summed E-state index contributed by atoms with van der Waals surface area (Å²) in [7, 11) is 0. The fourth-order valence-corrected chi connectivity index (χ4v) is 3.14. The van der Waals surface area contributed by atoms with Crippen molar-refractivity contribution in [3.8, 4) is 0 Å². The highest BCUT2D eigenvalue weighted by molar-refractivity contribution is 6.05. The fourth-order valence-electron chi connectivity index (χ4n) is 3.14. The minimum atomic E-state index is -0.943. The van der Waals surface area contributed by atoms with Crippen LogP contribution in [0.2, 0.25) is 0 Å². The van der Waals surface area contributed by atoms with Crippen molar-refractivity contribution in [2.45, 2.75) is 26.2 Å². The van der Waals surface area contributed by atoms with Gasteiger partial charge in [0.2, 0.25) is 5.91 Å². The Kier molecular flexibility index (Phi) is 4.55. The molecule has 0 aromatic heterocycles. The number of nitrogens with zero attached hydrogens (tertiary/aromatic N) is 1. The maximum Gasteiger partial charge on any atom is 0.307 e. The van der Waals surface area contributed by atoms with Gasteiger partial charge in [0.25, 0.3) is 5.91 Å². The Labute approximate surface area is 140 Å². The minimum Gasteiger partial charge on any atom is -0.481 e. The molecule has 128 valence electrons. The first-order valence-electron chi connectivity index (χ1n) is 8.39. The van der Waals surface area contributed by atoms with Crippen LogP contribution in [0.25, 0.3) is 0 Å². The van der Waals surface area contributed by atoms with Crippen LogP contribution in [0.3, 0.4) is 0 Å². The Morgan fingerprint density at radius 3 is 2.42 bits per heavy atom. The highest BCUT2D eigenvalue weighted by Crippen LogP contribution is 2.39. The first-order valence-corrected chi connectivity index (χ1v) is 8.39. The molecule has 1 aromatic rings. The molecular weight excluding hydrogens is 308 g/mol. The lowest BCUT2D eigenvalue weighted by molar-refractivity contribution is -0.139. The summed E-state index contributed by atoms with van der Waals surface area (Å²) < 4.78 is 0. The van der Waals surface area contributed by atoms with Crippen LogP contribution in [0.1, 0.15) is 36.5 Å². The van der Waals surface area contributed by atoms with Crippen molar-refractivity contribution in [2.24, 2.45) is 17.8 Å². The van der Waals surface area contributed by atoms with Gasteiger partial charge in [-0.1, -0.05) is 19.1 Å². The van der Waals surface area contributed by atoms with Crippen molar-refractivity contribution >= 4 is 23.5 Å². The van der Waals surface area contributed by atoms with Gasteiger partial charge >= 0.3 is 5.97 Å². The van der Waals surface area contributed by atoms with E-state index in [0.29, 0.717) is 23.6 Å². The smallest absolute Gasteiger partial charge is 0.307 e. The standard InChI is InChI=1S/C18H22N2O4/c1-11-6-8-20(9-7-11)17(22)12-4-2-3-5-15(12)19-16(21)13-10-14(13)18(23)24/h2-5,11,13-14H,6-10H2,1H3,(H,19,21)(H,23,24). The summed E-state index contributed by atoms with van der Waals surface area (Å²) in [6.45, 7) is 3.64. The second-order valence-electron chi connectivity index (χ2n) is 6.80. The molecule has 1 aliphatic heterocycles. The third-order valence-corrected chi connectivity index (χ3v) is 4.93. The van der Waals surface area contributed by atoms with Crippen LogP contribution in [0.4, 0.5) is 5.69 Å². The molecule has 2 amide bonds. The van der Waals surface area contributed by atoms with E-state index in [2.05, 4.69) is 12.2 Å². The number of carbonyl (C=O) groups is 3. The maximum absolute atomic E-state index is 12.7. The van der Waals surface area contributed by atoms with Gasteiger partial charge < -0.3 is 15.3 Å². The van der Waals surface area contributed by atoms with Gasteiger partial charge in [-0.3, -0.25) is 14.4 Å². The molecule has 6 heteroatoms. The van der Waals surface area contributed by atoms with E-state index in [0.717, 1.165) is 25.9 Å². The molecule has 1 saturated heterocycles. The minimum absolute atomic E-state index is 0.0802. The van der Waals surface area contributed by atoms with Gasteiger partial charge in [-0.25, -0.2) is 0 Å². The number of carbonyl (C=O) groups excluding carboxylic acids is 2. The Morgan fingerprint density at radius 2 is 1.79 bits per heavy atom. The van der Waals surface area contributed by atoms with Crippen LogP contribution in [0.15, 0.2) is 24.3 Å². The Morgan fingerprint density at radius 1 is 1.12 bits per heavy atom. The van der Waals surface area contributed by atoms with E-state index in [1.165, 1.54) is 0 Å². The lowest BCUT2D eigenvalue weighted by atomic mass is 9.98. The molecule has 2 atom stereocenters. The van der Waals surface area contributed by atoms with Crippen LogP contribution in [0, 0.1) is 17.8 Å². The Bertz CT molecular complexity index is 665. The van der Waals surface area contributed by atoms with Crippen molar-refractivity contribution in [3.05, 3.63) is 29.8 Å². The summed E-state index contributed by atoms with van der Waals surface area (Å²) in [5, 5.41) is 11.7. The third-order valence-electron chi connectivity index (χ3n) is 4.93. The van der Waals surface area contributed by atoms with E-state index in [9.17, 15) is 14.4 Å². The van der Waals surface area contributed by atoms with E-state index in [4.69, 9.17) is 5.11 Å². The lowest BCUT2D eigenvalue weighted by Crippen LogP contribution is -2.38. The molecule has 2 fully saturated rings. The van der Waals surface area contributed by atoms with E-state index in [1.54, 1.807) is 24.3 Å². The summed E-state index contributed by atoms with van der Waals surface area (Å²) >= 11 is 0. The van der Waals surface area contributed by atoms with Crippen LogP contribution < -0.4 is 5.32 Å². The number of likely N-dealkylation sites (tertiary alicyclic amines) is 1. The highest BCUT2D eigenvalue weighted by atomic mass is 16.4. The van der Waals surface area contributed by atoms with Gasteiger partial charge in [-0.15, -0.1) is 0 Å². The number of para-hydroxylation sites is 1. The van der Waals surface area contributed by atoms with Crippen molar-refractivity contribution in [2.75, 3.05) is 18.4 Å². The monoisotopic (exact) mass is 330 g/mol. The largest absolute Gasteiger partial charge is 0.481 e. The molecule has 2 N–H and O–H groups in total. The van der Waals surface area contributed by atoms with E-state index < -0.39 is 17.8 Å². The molecule has 1 aliphatic carbocycles. The number of hydrogen-bond acceptors (Lipinski definition) is 3. The van der Waals surface area contributed by atoms with E-state index in [-0.39, 0.29) is 11.8 Å². The van der Waals surface area contributed by atoms with Gasteiger partial charge in [0, 0.05) is 13.1 Å². The first-order chi connectivity index (χ1) is 11.5. The SMILES string of the molecule is CC1CCN(C(=O)c2ccccc2NC(=O)C2CC2C(=O)O)CC1. The molecule has 0 radical (unpaired) electrons. The third kappa shape index (κ3) is 3.42. The predicted molar refractivity (Wildman–Crippen MR) is 88.6 cm³/mol. The molecule has 6 nitrogen and oxygen atoms in total. The van der Waals surface area contributed by atoms with Crippen LogP contribution >= 0.6 is 0 Å². The number of hydrogen-bond donors (Lipinski definition) is 2. The quantitative estimate of drug-likeness (QED) is 0.886. The summed E-state index contributed by atoms with van der Waals surface area (Å²) in [4.78, 5) is 37.6. The summed E-state index contributed by atoms with van der Waals surface area (Å²) in [5.74, 6) is -1.81. The molecule has 0 spiro atoms. The van der Waals surface area contributed by atoms with E-state index in [1.807, 2.05) is 4.90 Å². The number of aliphatic carboxylic acids is 1. The van der Waals surface area contributed by atoms with Crippen LogP contribution in [-0.4, -0.2) is 40.9 Å². The Balaban J connectivity index is 1.70. The number of carboxylic acids is 1. The van der Waals surface area contributed by atoms with Gasteiger partial charge in [-0.05, 0) is 37.3 Å². The number of nitrogens with one attached hydrogen (secondary N) is 1. The average molecular weight is 330 g/mol. The number of carboxylic acid groups (broad SMARTS) is 1. The molecule has 1 aromatic carbocycles. The maximum atomic E-state index is 12.7. The number of rotatable bonds is 4. The van der Waals surface area contributed by atoms with Gasteiger partial charge in [0.15, 0.2) is 0 Å². The van der Waals surface area contributed by atoms with Gasteiger partial charge in [0.1, 0.15) is 0 Å².